The number of aromatic nitrogens is 4. The molecule has 0 bridgehead atoms. The number of nitrogen functional groups attached to an aromatic ring is 1. The van der Waals surface area contributed by atoms with Crippen LogP contribution < -0.4 is 10.5 Å². The van der Waals surface area contributed by atoms with E-state index in [1.54, 1.807) is 6.20 Å². The average molecular weight is 428 g/mol. The minimum Gasteiger partial charge on any atom is -0.434 e. The first-order chi connectivity index (χ1) is 15.1. The molecular formula is C24H18ClN5O. The summed E-state index contributed by atoms with van der Waals surface area (Å²) in [5, 5.41) is 1.45. The highest BCUT2D eigenvalue weighted by Gasteiger charge is 2.18. The van der Waals surface area contributed by atoms with Gasteiger partial charge in [-0.05, 0) is 24.3 Å². The lowest BCUT2D eigenvalue weighted by molar-refractivity contribution is 0.463. The van der Waals surface area contributed by atoms with Gasteiger partial charge in [0.15, 0.2) is 5.82 Å². The van der Waals surface area contributed by atoms with Crippen LogP contribution in [-0.2, 0) is 7.05 Å². The fourth-order valence-corrected chi connectivity index (χ4v) is 3.72. The quantitative estimate of drug-likeness (QED) is 0.396. The van der Waals surface area contributed by atoms with Gasteiger partial charge in [-0.15, -0.1) is 0 Å². The summed E-state index contributed by atoms with van der Waals surface area (Å²) in [7, 11) is 1.91. The molecular weight excluding hydrogens is 410 g/mol. The first-order valence-corrected chi connectivity index (χ1v) is 10.0. The minimum absolute atomic E-state index is 0.208. The van der Waals surface area contributed by atoms with Crippen LogP contribution in [0.15, 0.2) is 79.3 Å². The minimum atomic E-state index is 0.208. The second-order valence-corrected chi connectivity index (χ2v) is 7.53. The first kappa shape index (κ1) is 19.1. The molecule has 2 aromatic carbocycles. The predicted molar refractivity (Wildman–Crippen MR) is 123 cm³/mol. The lowest BCUT2D eigenvalue weighted by atomic mass is 10.0. The summed E-state index contributed by atoms with van der Waals surface area (Å²) in [5.41, 5.74) is 9.94. The van der Waals surface area contributed by atoms with E-state index < -0.39 is 0 Å². The maximum Gasteiger partial charge on any atom is 0.263 e. The van der Waals surface area contributed by atoms with Gasteiger partial charge in [0.25, 0.3) is 5.88 Å². The summed E-state index contributed by atoms with van der Waals surface area (Å²) < 4.78 is 7.82. The topological polar surface area (TPSA) is 78.8 Å². The molecule has 0 aliphatic heterocycles. The molecule has 0 spiro atoms. The van der Waals surface area contributed by atoms with Gasteiger partial charge in [0.1, 0.15) is 11.4 Å². The third-order valence-electron chi connectivity index (χ3n) is 4.89. The molecule has 0 aliphatic carbocycles. The molecule has 0 fully saturated rings. The third-order valence-corrected chi connectivity index (χ3v) is 5.18. The van der Waals surface area contributed by atoms with Crippen molar-refractivity contribution in [3.05, 3.63) is 84.3 Å². The second-order valence-electron chi connectivity index (χ2n) is 7.13. The van der Waals surface area contributed by atoms with Crippen molar-refractivity contribution < 1.29 is 4.74 Å². The number of hydrogen-bond donors (Lipinski definition) is 1. The van der Waals surface area contributed by atoms with E-state index in [1.807, 2.05) is 84.7 Å². The summed E-state index contributed by atoms with van der Waals surface area (Å²) >= 11 is 6.54. The summed E-state index contributed by atoms with van der Waals surface area (Å²) in [6.45, 7) is 0. The van der Waals surface area contributed by atoms with Crippen LogP contribution in [0.1, 0.15) is 0 Å². The van der Waals surface area contributed by atoms with Crippen LogP contribution in [0.5, 0.6) is 11.6 Å². The number of nitrogens with zero attached hydrogens (tertiary/aromatic N) is 4. The van der Waals surface area contributed by atoms with Crippen LogP contribution in [0, 0.1) is 0 Å². The van der Waals surface area contributed by atoms with Crippen LogP contribution in [0.2, 0.25) is 5.02 Å². The van der Waals surface area contributed by atoms with E-state index >= 15 is 0 Å². The Hall–Kier alpha value is -3.90. The number of halogens is 1. The molecule has 0 atom stereocenters. The summed E-state index contributed by atoms with van der Waals surface area (Å²) in [6.07, 6.45) is 5.44. The van der Waals surface area contributed by atoms with Gasteiger partial charge in [0, 0.05) is 42.2 Å². The van der Waals surface area contributed by atoms with Gasteiger partial charge in [-0.3, -0.25) is 4.98 Å². The highest BCUT2D eigenvalue weighted by atomic mass is 35.5. The number of pyridine rings is 1. The standard InChI is InChI=1S/C24H18ClN5O/c1-30-11-9-18(14-30)31-24-23(26)28-21(15-6-3-2-4-7-15)22(29-24)17-12-16-8-5-10-27-20(16)19(25)13-17/h2-14H,1H3,(H2,26,28). The summed E-state index contributed by atoms with van der Waals surface area (Å²) in [4.78, 5) is 13.8. The predicted octanol–water partition coefficient (Wildman–Crippen LogP) is 5.73. The number of anilines is 1. The molecule has 3 aromatic heterocycles. The highest BCUT2D eigenvalue weighted by molar-refractivity contribution is 6.35. The maximum atomic E-state index is 6.54. The molecule has 5 aromatic rings. The Kier molecular flexibility index (Phi) is 4.76. The Morgan fingerprint density at radius 3 is 2.52 bits per heavy atom. The van der Waals surface area contributed by atoms with Gasteiger partial charge in [-0.1, -0.05) is 48.0 Å². The van der Waals surface area contributed by atoms with E-state index in [1.165, 1.54) is 0 Å². The van der Waals surface area contributed by atoms with E-state index in [4.69, 9.17) is 27.1 Å². The van der Waals surface area contributed by atoms with Crippen molar-refractivity contribution in [3.63, 3.8) is 0 Å². The fraction of sp³-hybridized carbons (Fsp3) is 0.0417. The van der Waals surface area contributed by atoms with Crippen molar-refractivity contribution in [1.82, 2.24) is 19.5 Å². The Morgan fingerprint density at radius 1 is 0.935 bits per heavy atom. The SMILES string of the molecule is Cn1ccc(Oc2nc(-c3cc(Cl)c4ncccc4c3)c(-c3ccccc3)nc2N)c1. The first-order valence-electron chi connectivity index (χ1n) is 9.66. The van der Waals surface area contributed by atoms with Crippen LogP contribution in [0.3, 0.4) is 0 Å². The molecule has 0 amide bonds. The van der Waals surface area contributed by atoms with E-state index in [-0.39, 0.29) is 11.7 Å². The largest absolute Gasteiger partial charge is 0.434 e. The van der Waals surface area contributed by atoms with Crippen molar-refractivity contribution in [1.29, 1.82) is 0 Å². The van der Waals surface area contributed by atoms with Crippen LogP contribution in [0.25, 0.3) is 33.4 Å². The molecule has 0 radical (unpaired) electrons. The smallest absolute Gasteiger partial charge is 0.263 e. The Balaban J connectivity index is 1.72. The van der Waals surface area contributed by atoms with Gasteiger partial charge in [-0.25, -0.2) is 9.97 Å². The summed E-state index contributed by atoms with van der Waals surface area (Å²) in [5.74, 6) is 1.07. The Bertz CT molecular complexity index is 1400. The van der Waals surface area contributed by atoms with Crippen molar-refractivity contribution in [3.8, 4) is 34.1 Å². The lowest BCUT2D eigenvalue weighted by Gasteiger charge is -2.14. The van der Waals surface area contributed by atoms with Crippen molar-refractivity contribution in [2.45, 2.75) is 0 Å². The molecule has 2 N–H and O–H groups in total. The molecule has 0 unspecified atom stereocenters. The van der Waals surface area contributed by atoms with Crippen LogP contribution in [0.4, 0.5) is 5.82 Å². The number of fused-ring (bicyclic) bond motifs is 1. The molecule has 3 heterocycles. The van der Waals surface area contributed by atoms with Crippen molar-refractivity contribution >= 4 is 28.3 Å². The molecule has 0 saturated heterocycles. The Labute approximate surface area is 183 Å². The van der Waals surface area contributed by atoms with Gasteiger partial charge >= 0.3 is 0 Å². The van der Waals surface area contributed by atoms with Gasteiger partial charge < -0.3 is 15.0 Å². The van der Waals surface area contributed by atoms with E-state index in [0.717, 1.165) is 22.0 Å². The second kappa shape index (κ2) is 7.74. The van der Waals surface area contributed by atoms with E-state index in [2.05, 4.69) is 9.97 Å². The monoisotopic (exact) mass is 427 g/mol. The number of hydrogen-bond acceptors (Lipinski definition) is 5. The third kappa shape index (κ3) is 3.69. The van der Waals surface area contributed by atoms with E-state index in [0.29, 0.717) is 22.2 Å². The van der Waals surface area contributed by atoms with Gasteiger partial charge in [0.05, 0.1) is 16.2 Å². The molecule has 6 nitrogen and oxygen atoms in total. The summed E-state index contributed by atoms with van der Waals surface area (Å²) in [6, 6.07) is 19.3. The molecule has 0 aliphatic rings. The molecule has 7 heteroatoms. The van der Waals surface area contributed by atoms with Crippen molar-refractivity contribution in [2.24, 2.45) is 7.05 Å². The number of benzene rings is 2. The zero-order chi connectivity index (χ0) is 21.4. The highest BCUT2D eigenvalue weighted by Crippen LogP contribution is 2.37. The zero-order valence-electron chi connectivity index (χ0n) is 16.7. The van der Waals surface area contributed by atoms with E-state index in [9.17, 15) is 0 Å². The maximum absolute atomic E-state index is 6.54. The zero-order valence-corrected chi connectivity index (χ0v) is 17.4. The molecule has 5 rings (SSSR count). The van der Waals surface area contributed by atoms with Crippen molar-refractivity contribution in [2.75, 3.05) is 5.73 Å². The molecule has 152 valence electrons. The Morgan fingerprint density at radius 2 is 1.74 bits per heavy atom. The molecule has 31 heavy (non-hydrogen) atoms. The number of aryl methyl sites for hydroxylation is 1. The number of nitrogens with two attached hydrogens (primary N) is 1. The number of rotatable bonds is 4. The lowest BCUT2D eigenvalue weighted by Crippen LogP contribution is -2.03. The van der Waals surface area contributed by atoms with Crippen LogP contribution >= 0.6 is 11.6 Å². The average Bonchev–Trinajstić information content (AvgIpc) is 3.20. The van der Waals surface area contributed by atoms with Gasteiger partial charge in [-0.2, -0.15) is 0 Å². The fourth-order valence-electron chi connectivity index (χ4n) is 3.44. The molecule has 0 saturated carbocycles. The number of ether oxygens (including phenoxy) is 1. The van der Waals surface area contributed by atoms with Crippen LogP contribution in [-0.4, -0.2) is 19.5 Å². The normalized spacial score (nSPS) is 11.0. The van der Waals surface area contributed by atoms with Gasteiger partial charge in [0.2, 0.25) is 0 Å².